The molecule has 0 bridgehead atoms. The number of carbonyl (C=O) groups excluding carboxylic acids is 4. The SMILES string of the molecule is COc1ccc(NC(C)=O)cc1NC(=O)COC(=O)CN1CCCCCC1=O. The van der Waals surface area contributed by atoms with Gasteiger partial charge < -0.3 is 25.0 Å². The van der Waals surface area contributed by atoms with Gasteiger partial charge in [0.15, 0.2) is 6.61 Å². The van der Waals surface area contributed by atoms with Gasteiger partial charge in [-0.3, -0.25) is 19.2 Å². The van der Waals surface area contributed by atoms with E-state index in [0.717, 1.165) is 19.3 Å². The van der Waals surface area contributed by atoms with Crippen molar-refractivity contribution in [1.82, 2.24) is 4.90 Å². The summed E-state index contributed by atoms with van der Waals surface area (Å²) in [5.41, 5.74) is 0.817. The minimum atomic E-state index is -0.635. The van der Waals surface area contributed by atoms with E-state index in [9.17, 15) is 19.2 Å². The summed E-state index contributed by atoms with van der Waals surface area (Å²) in [4.78, 5) is 48.6. The molecule has 0 spiro atoms. The summed E-state index contributed by atoms with van der Waals surface area (Å²) in [6.07, 6.45) is 3.06. The topological polar surface area (TPSA) is 114 Å². The molecule has 9 heteroatoms. The molecule has 0 radical (unpaired) electrons. The molecule has 1 saturated heterocycles. The lowest BCUT2D eigenvalue weighted by molar-refractivity contribution is -0.151. The van der Waals surface area contributed by atoms with E-state index in [1.54, 1.807) is 12.1 Å². The Kier molecular flexibility index (Phi) is 7.79. The van der Waals surface area contributed by atoms with Crippen molar-refractivity contribution in [2.45, 2.75) is 32.6 Å². The Balaban J connectivity index is 1.88. The second kappa shape index (κ2) is 10.3. The van der Waals surface area contributed by atoms with E-state index in [1.807, 2.05) is 0 Å². The molecule has 28 heavy (non-hydrogen) atoms. The highest BCUT2D eigenvalue weighted by Crippen LogP contribution is 2.27. The molecule has 1 aromatic rings. The standard InChI is InChI=1S/C19H25N3O6/c1-13(23)20-14-7-8-16(27-2)15(10-14)21-17(24)12-28-19(26)11-22-9-5-3-4-6-18(22)25/h7-8,10H,3-6,9,11-12H2,1-2H3,(H,20,23)(H,21,24). The zero-order valence-corrected chi connectivity index (χ0v) is 16.1. The first-order chi connectivity index (χ1) is 13.4. The van der Waals surface area contributed by atoms with Crippen molar-refractivity contribution in [3.8, 4) is 5.75 Å². The predicted octanol–water partition coefficient (Wildman–Crippen LogP) is 1.54. The molecule has 0 unspecified atom stereocenters. The number of carbonyl (C=O) groups is 4. The van der Waals surface area contributed by atoms with E-state index in [0.29, 0.717) is 30.1 Å². The minimum Gasteiger partial charge on any atom is -0.495 e. The number of rotatable bonds is 7. The Morgan fingerprint density at radius 1 is 1.14 bits per heavy atom. The van der Waals surface area contributed by atoms with Crippen molar-refractivity contribution < 1.29 is 28.7 Å². The number of hydrogen-bond donors (Lipinski definition) is 2. The quantitative estimate of drug-likeness (QED) is 0.682. The molecule has 3 amide bonds. The van der Waals surface area contributed by atoms with Gasteiger partial charge in [0, 0.05) is 25.6 Å². The average molecular weight is 391 g/mol. The predicted molar refractivity (Wildman–Crippen MR) is 102 cm³/mol. The molecule has 1 aliphatic heterocycles. The van der Waals surface area contributed by atoms with Gasteiger partial charge in [0.2, 0.25) is 11.8 Å². The lowest BCUT2D eigenvalue weighted by atomic mass is 10.2. The maximum atomic E-state index is 12.1. The molecule has 9 nitrogen and oxygen atoms in total. The van der Waals surface area contributed by atoms with Gasteiger partial charge in [-0.1, -0.05) is 6.42 Å². The molecule has 152 valence electrons. The molecule has 2 rings (SSSR count). The van der Waals surface area contributed by atoms with Crippen LogP contribution >= 0.6 is 0 Å². The van der Waals surface area contributed by atoms with E-state index >= 15 is 0 Å². The fraction of sp³-hybridized carbons (Fsp3) is 0.474. The number of amides is 3. The first-order valence-electron chi connectivity index (χ1n) is 9.08. The normalized spacial score (nSPS) is 14.1. The first kappa shape index (κ1) is 21.2. The van der Waals surface area contributed by atoms with Crippen LogP contribution in [0, 0.1) is 0 Å². The summed E-state index contributed by atoms with van der Waals surface area (Å²) < 4.78 is 10.2. The lowest BCUT2D eigenvalue weighted by Gasteiger charge is -2.19. The van der Waals surface area contributed by atoms with Crippen molar-refractivity contribution in [3.63, 3.8) is 0 Å². The summed E-state index contributed by atoms with van der Waals surface area (Å²) in [7, 11) is 1.45. The number of anilines is 2. The van der Waals surface area contributed by atoms with Gasteiger partial charge in [-0.05, 0) is 31.0 Å². The van der Waals surface area contributed by atoms with Crippen molar-refractivity contribution >= 4 is 35.1 Å². The van der Waals surface area contributed by atoms with Gasteiger partial charge in [0.25, 0.3) is 5.91 Å². The van der Waals surface area contributed by atoms with Gasteiger partial charge in [-0.25, -0.2) is 0 Å². The molecule has 2 N–H and O–H groups in total. The third-order valence-corrected chi connectivity index (χ3v) is 4.15. The minimum absolute atomic E-state index is 0.0709. The Morgan fingerprint density at radius 3 is 2.64 bits per heavy atom. The van der Waals surface area contributed by atoms with Gasteiger partial charge in [-0.15, -0.1) is 0 Å². The molecule has 0 saturated carbocycles. The second-order valence-electron chi connectivity index (χ2n) is 6.43. The highest BCUT2D eigenvalue weighted by Gasteiger charge is 2.20. The van der Waals surface area contributed by atoms with Crippen LogP contribution in [0.5, 0.6) is 5.75 Å². The second-order valence-corrected chi connectivity index (χ2v) is 6.43. The van der Waals surface area contributed by atoms with E-state index in [-0.39, 0.29) is 18.4 Å². The molecule has 0 aromatic heterocycles. The number of ether oxygens (including phenoxy) is 2. The van der Waals surface area contributed by atoms with Crippen LogP contribution in [0.15, 0.2) is 18.2 Å². The lowest BCUT2D eigenvalue weighted by Crippen LogP contribution is -2.36. The van der Waals surface area contributed by atoms with Crippen LogP contribution in [0.25, 0.3) is 0 Å². The van der Waals surface area contributed by atoms with Gasteiger partial charge in [0.05, 0.1) is 12.8 Å². The monoisotopic (exact) mass is 391 g/mol. The molecule has 0 atom stereocenters. The summed E-state index contributed by atoms with van der Waals surface area (Å²) in [6.45, 7) is 1.24. The smallest absolute Gasteiger partial charge is 0.326 e. The van der Waals surface area contributed by atoms with Crippen LogP contribution in [0.4, 0.5) is 11.4 Å². The van der Waals surface area contributed by atoms with E-state index in [2.05, 4.69) is 10.6 Å². The number of likely N-dealkylation sites (tertiary alicyclic amines) is 1. The van der Waals surface area contributed by atoms with Gasteiger partial charge >= 0.3 is 5.97 Å². The summed E-state index contributed by atoms with van der Waals surface area (Å²) >= 11 is 0. The van der Waals surface area contributed by atoms with Crippen molar-refractivity contribution in [1.29, 1.82) is 0 Å². The van der Waals surface area contributed by atoms with Crippen LogP contribution in [-0.2, 0) is 23.9 Å². The van der Waals surface area contributed by atoms with E-state index in [4.69, 9.17) is 9.47 Å². The maximum Gasteiger partial charge on any atom is 0.326 e. The molecular formula is C19H25N3O6. The van der Waals surface area contributed by atoms with Crippen LogP contribution in [0.1, 0.15) is 32.6 Å². The third-order valence-electron chi connectivity index (χ3n) is 4.15. The number of methoxy groups -OCH3 is 1. The van der Waals surface area contributed by atoms with Crippen molar-refractivity contribution in [2.75, 3.05) is 37.4 Å². The van der Waals surface area contributed by atoms with Gasteiger partial charge in [-0.2, -0.15) is 0 Å². The molecule has 1 heterocycles. The number of nitrogens with one attached hydrogen (secondary N) is 2. The number of esters is 1. The maximum absolute atomic E-state index is 12.1. The zero-order valence-electron chi connectivity index (χ0n) is 16.1. The molecule has 1 aliphatic rings. The Morgan fingerprint density at radius 2 is 1.93 bits per heavy atom. The van der Waals surface area contributed by atoms with Crippen LogP contribution in [0.3, 0.4) is 0 Å². The Bertz CT molecular complexity index is 749. The van der Waals surface area contributed by atoms with E-state index in [1.165, 1.54) is 25.0 Å². The zero-order chi connectivity index (χ0) is 20.5. The van der Waals surface area contributed by atoms with Crippen LogP contribution < -0.4 is 15.4 Å². The van der Waals surface area contributed by atoms with Crippen molar-refractivity contribution in [3.05, 3.63) is 18.2 Å². The number of hydrogen-bond acceptors (Lipinski definition) is 6. The number of benzene rings is 1. The molecular weight excluding hydrogens is 366 g/mol. The molecule has 1 aromatic carbocycles. The molecule has 0 aliphatic carbocycles. The largest absolute Gasteiger partial charge is 0.495 e. The fourth-order valence-electron chi connectivity index (χ4n) is 2.83. The Hall–Kier alpha value is -3.10. The number of nitrogens with zero attached hydrogens (tertiary/aromatic N) is 1. The summed E-state index contributed by atoms with van der Waals surface area (Å²) in [6, 6.07) is 4.77. The van der Waals surface area contributed by atoms with Crippen LogP contribution in [0.2, 0.25) is 0 Å². The van der Waals surface area contributed by atoms with Crippen LogP contribution in [-0.4, -0.2) is 55.4 Å². The highest BCUT2D eigenvalue weighted by molar-refractivity contribution is 5.96. The third kappa shape index (κ3) is 6.57. The molecule has 1 fully saturated rings. The van der Waals surface area contributed by atoms with Crippen molar-refractivity contribution in [2.24, 2.45) is 0 Å². The summed E-state index contributed by atoms with van der Waals surface area (Å²) in [5.74, 6) is -1.13. The fourth-order valence-corrected chi connectivity index (χ4v) is 2.83. The van der Waals surface area contributed by atoms with Gasteiger partial charge in [0.1, 0.15) is 12.3 Å². The average Bonchev–Trinajstić information content (AvgIpc) is 2.84. The Labute approximate surface area is 163 Å². The van der Waals surface area contributed by atoms with E-state index < -0.39 is 18.5 Å². The highest BCUT2D eigenvalue weighted by atomic mass is 16.5. The summed E-state index contributed by atoms with van der Waals surface area (Å²) in [5, 5.41) is 5.19. The first-order valence-corrected chi connectivity index (χ1v) is 9.08.